The lowest BCUT2D eigenvalue weighted by Gasteiger charge is -2.27. The van der Waals surface area contributed by atoms with Crippen LogP contribution in [0.1, 0.15) is 40.0 Å². The summed E-state index contributed by atoms with van der Waals surface area (Å²) in [7, 11) is 0. The van der Waals surface area contributed by atoms with E-state index in [0.29, 0.717) is 12.8 Å². The fourth-order valence-electron chi connectivity index (χ4n) is 2.61. The molecule has 0 saturated carbocycles. The number of aliphatic hydroxyl groups is 1. The lowest BCUT2D eigenvalue weighted by atomic mass is 9.98. The molecule has 0 aliphatic carbocycles. The molecule has 3 amide bonds. The molecule has 178 valence electrons. The lowest BCUT2D eigenvalue weighted by molar-refractivity contribution is -0.144. The van der Waals surface area contributed by atoms with Gasteiger partial charge in [-0.2, -0.15) is 0 Å². The standard InChI is InChI=1S/C18H35N7O6/c1-4-9(2)13(17(30)31)24-16(29)14(10(3)26)25-15(28)11(23-12(27)8-19)6-5-7-22-18(20)21/h9-11,13-14,26H,4-8,19H2,1-3H3,(H,23,27)(H,24,29)(H,25,28)(H,30,31)(H4,20,21,22). The van der Waals surface area contributed by atoms with Gasteiger partial charge in [-0.25, -0.2) is 4.79 Å². The van der Waals surface area contributed by atoms with Gasteiger partial charge in [0.1, 0.15) is 18.1 Å². The van der Waals surface area contributed by atoms with Crippen LogP contribution in [0.5, 0.6) is 0 Å². The first-order valence-corrected chi connectivity index (χ1v) is 10.0. The van der Waals surface area contributed by atoms with Gasteiger partial charge in [-0.05, 0) is 25.7 Å². The van der Waals surface area contributed by atoms with E-state index in [4.69, 9.17) is 17.2 Å². The van der Waals surface area contributed by atoms with Crippen LogP contribution < -0.4 is 33.2 Å². The maximum atomic E-state index is 12.7. The van der Waals surface area contributed by atoms with Crippen LogP contribution >= 0.6 is 0 Å². The number of hydrogen-bond donors (Lipinski definition) is 8. The molecule has 5 atom stereocenters. The minimum absolute atomic E-state index is 0.118. The fourth-order valence-corrected chi connectivity index (χ4v) is 2.61. The van der Waals surface area contributed by atoms with Gasteiger partial charge in [0.15, 0.2) is 5.96 Å². The van der Waals surface area contributed by atoms with Crippen molar-refractivity contribution in [3.63, 3.8) is 0 Å². The molecule has 13 heteroatoms. The van der Waals surface area contributed by atoms with E-state index in [2.05, 4.69) is 20.9 Å². The number of carbonyl (C=O) groups is 4. The van der Waals surface area contributed by atoms with Gasteiger partial charge in [0.25, 0.3) is 0 Å². The number of nitrogens with two attached hydrogens (primary N) is 3. The number of rotatable bonds is 14. The van der Waals surface area contributed by atoms with Crippen LogP contribution in [-0.4, -0.2) is 77.2 Å². The zero-order valence-corrected chi connectivity index (χ0v) is 18.1. The Morgan fingerprint density at radius 1 is 1.00 bits per heavy atom. The van der Waals surface area contributed by atoms with E-state index in [1.54, 1.807) is 13.8 Å². The van der Waals surface area contributed by atoms with Crippen LogP contribution in [0.25, 0.3) is 0 Å². The zero-order chi connectivity index (χ0) is 24.1. The second-order valence-electron chi connectivity index (χ2n) is 7.21. The Bertz CT molecular complexity index is 651. The predicted molar refractivity (Wildman–Crippen MR) is 114 cm³/mol. The average molecular weight is 446 g/mol. The number of guanidine groups is 1. The van der Waals surface area contributed by atoms with Gasteiger partial charge in [0.05, 0.1) is 12.6 Å². The summed E-state index contributed by atoms with van der Waals surface area (Å²) in [4.78, 5) is 52.2. The molecule has 0 fully saturated rings. The third-order valence-corrected chi connectivity index (χ3v) is 4.62. The molecule has 0 bridgehead atoms. The molecule has 0 spiro atoms. The van der Waals surface area contributed by atoms with Crippen LogP contribution in [0.2, 0.25) is 0 Å². The summed E-state index contributed by atoms with van der Waals surface area (Å²) in [5, 5.41) is 26.5. The maximum absolute atomic E-state index is 12.7. The van der Waals surface area contributed by atoms with Crippen molar-refractivity contribution in [3.8, 4) is 0 Å². The SMILES string of the molecule is CCC(C)C(NC(=O)C(NC(=O)C(CCCN=C(N)N)NC(=O)CN)C(C)O)C(=O)O. The second-order valence-corrected chi connectivity index (χ2v) is 7.21. The molecule has 0 aromatic rings. The first kappa shape index (κ1) is 28.1. The molecule has 0 aromatic carbocycles. The summed E-state index contributed by atoms with van der Waals surface area (Å²) >= 11 is 0. The molecule has 5 unspecified atom stereocenters. The topological polar surface area (TPSA) is 235 Å². The molecule has 0 saturated heterocycles. The Labute approximate surface area is 181 Å². The number of aliphatic imine (C=N–C) groups is 1. The molecule has 31 heavy (non-hydrogen) atoms. The van der Waals surface area contributed by atoms with Crippen molar-refractivity contribution in [2.24, 2.45) is 28.1 Å². The van der Waals surface area contributed by atoms with Crippen molar-refractivity contribution in [1.29, 1.82) is 0 Å². The van der Waals surface area contributed by atoms with E-state index in [-0.39, 0.29) is 31.4 Å². The number of carbonyl (C=O) groups excluding carboxylic acids is 3. The smallest absolute Gasteiger partial charge is 0.326 e. The van der Waals surface area contributed by atoms with Crippen LogP contribution in [0.15, 0.2) is 4.99 Å². The number of aliphatic hydroxyl groups excluding tert-OH is 1. The molecule has 0 aliphatic rings. The third-order valence-electron chi connectivity index (χ3n) is 4.62. The van der Waals surface area contributed by atoms with Gasteiger partial charge in [0, 0.05) is 6.54 Å². The van der Waals surface area contributed by atoms with Gasteiger partial charge in [-0.1, -0.05) is 20.3 Å². The highest BCUT2D eigenvalue weighted by Gasteiger charge is 2.33. The van der Waals surface area contributed by atoms with Gasteiger partial charge in [0.2, 0.25) is 17.7 Å². The Kier molecular flexibility index (Phi) is 12.8. The number of nitrogens with zero attached hydrogens (tertiary/aromatic N) is 1. The van der Waals surface area contributed by atoms with Crippen molar-refractivity contribution in [1.82, 2.24) is 16.0 Å². The number of hydrogen-bond acceptors (Lipinski definition) is 7. The number of amides is 3. The first-order valence-electron chi connectivity index (χ1n) is 10.0. The minimum Gasteiger partial charge on any atom is -0.480 e. The van der Waals surface area contributed by atoms with Crippen LogP contribution in [0.3, 0.4) is 0 Å². The van der Waals surface area contributed by atoms with Gasteiger partial charge < -0.3 is 43.4 Å². The summed E-state index contributed by atoms with van der Waals surface area (Å²) in [6, 6.07) is -3.69. The van der Waals surface area contributed by atoms with Gasteiger partial charge in [-0.15, -0.1) is 0 Å². The van der Waals surface area contributed by atoms with Crippen LogP contribution in [0, 0.1) is 5.92 Å². The van der Waals surface area contributed by atoms with Crippen molar-refractivity contribution < 1.29 is 29.4 Å². The van der Waals surface area contributed by atoms with E-state index < -0.39 is 47.9 Å². The summed E-state index contributed by atoms with van der Waals surface area (Å²) in [5.74, 6) is -3.93. The predicted octanol–water partition coefficient (Wildman–Crippen LogP) is -3.04. The Morgan fingerprint density at radius 3 is 2.03 bits per heavy atom. The Morgan fingerprint density at radius 2 is 1.58 bits per heavy atom. The third kappa shape index (κ3) is 10.6. The first-order chi connectivity index (χ1) is 14.4. The Hall–Kier alpha value is -2.93. The second kappa shape index (κ2) is 14.1. The fraction of sp³-hybridized carbons (Fsp3) is 0.722. The number of aliphatic carboxylic acids is 1. The number of carboxylic acid groups (broad SMARTS) is 1. The van der Waals surface area contributed by atoms with Crippen molar-refractivity contribution >= 4 is 29.7 Å². The summed E-state index contributed by atoms with van der Waals surface area (Å²) < 4.78 is 0. The molecular weight excluding hydrogens is 410 g/mol. The van der Waals surface area contributed by atoms with Gasteiger partial charge >= 0.3 is 5.97 Å². The number of carboxylic acids is 1. The summed E-state index contributed by atoms with van der Waals surface area (Å²) in [5.41, 5.74) is 15.8. The molecular formula is C18H35N7O6. The van der Waals surface area contributed by atoms with Crippen molar-refractivity contribution in [3.05, 3.63) is 0 Å². The normalized spacial score (nSPS) is 15.5. The summed E-state index contributed by atoms with van der Waals surface area (Å²) in [6.45, 7) is 4.56. The summed E-state index contributed by atoms with van der Waals surface area (Å²) in [6.07, 6.45) is -0.372. The molecule has 11 N–H and O–H groups in total. The van der Waals surface area contributed by atoms with E-state index in [0.717, 1.165) is 0 Å². The maximum Gasteiger partial charge on any atom is 0.326 e. The van der Waals surface area contributed by atoms with Crippen LogP contribution in [-0.2, 0) is 19.2 Å². The van der Waals surface area contributed by atoms with Crippen LogP contribution in [0.4, 0.5) is 0 Å². The van der Waals surface area contributed by atoms with Gasteiger partial charge in [-0.3, -0.25) is 19.4 Å². The minimum atomic E-state index is -1.44. The molecule has 0 heterocycles. The van der Waals surface area contributed by atoms with E-state index in [1.165, 1.54) is 6.92 Å². The Balaban J connectivity index is 5.34. The molecule has 0 rings (SSSR count). The molecule has 13 nitrogen and oxygen atoms in total. The van der Waals surface area contributed by atoms with Crippen molar-refractivity contribution in [2.75, 3.05) is 13.1 Å². The van der Waals surface area contributed by atoms with E-state index >= 15 is 0 Å². The average Bonchev–Trinajstić information content (AvgIpc) is 2.70. The largest absolute Gasteiger partial charge is 0.480 e. The molecule has 0 aromatic heterocycles. The van der Waals surface area contributed by atoms with E-state index in [1.807, 2.05) is 0 Å². The highest BCUT2D eigenvalue weighted by Crippen LogP contribution is 2.09. The van der Waals surface area contributed by atoms with Crippen molar-refractivity contribution in [2.45, 2.75) is 64.3 Å². The molecule has 0 aliphatic heterocycles. The molecule has 0 radical (unpaired) electrons. The highest BCUT2D eigenvalue weighted by molar-refractivity contribution is 5.93. The van der Waals surface area contributed by atoms with E-state index in [9.17, 15) is 29.4 Å². The lowest BCUT2D eigenvalue weighted by Crippen LogP contribution is -2.60. The quantitative estimate of drug-likeness (QED) is 0.0769. The zero-order valence-electron chi connectivity index (χ0n) is 18.1. The number of nitrogens with one attached hydrogen (secondary N) is 3. The highest BCUT2D eigenvalue weighted by atomic mass is 16.4. The monoisotopic (exact) mass is 445 g/mol.